The van der Waals surface area contributed by atoms with Crippen LogP contribution in [-0.4, -0.2) is 93.2 Å². The van der Waals surface area contributed by atoms with Crippen LogP contribution in [-0.2, 0) is 42.9 Å². The summed E-state index contributed by atoms with van der Waals surface area (Å²) >= 11 is 0. The Morgan fingerprint density at radius 2 is 1.52 bits per heavy atom. The van der Waals surface area contributed by atoms with Crippen LogP contribution in [0.4, 0.5) is 0 Å². The molecule has 0 aromatic carbocycles. The zero-order chi connectivity index (χ0) is 22.1. The van der Waals surface area contributed by atoms with Gasteiger partial charge in [0.15, 0.2) is 18.5 Å². The lowest BCUT2D eigenvalue weighted by molar-refractivity contribution is -0.277. The number of rotatable bonds is 9. The number of amides is 1. The fourth-order valence-corrected chi connectivity index (χ4v) is 2.78. The first-order valence-corrected chi connectivity index (χ1v) is 9.18. The third-order valence-corrected chi connectivity index (χ3v) is 3.89. The molecule has 0 spiro atoms. The van der Waals surface area contributed by atoms with Crippen molar-refractivity contribution < 1.29 is 42.9 Å². The van der Waals surface area contributed by atoms with Crippen LogP contribution in [0.25, 0.3) is 0 Å². The maximum atomic E-state index is 11.7. The third-order valence-electron chi connectivity index (χ3n) is 3.89. The van der Waals surface area contributed by atoms with Crippen molar-refractivity contribution in [2.45, 2.75) is 58.3 Å². The molecule has 11 heteroatoms. The zero-order valence-corrected chi connectivity index (χ0v) is 17.6. The second-order valence-electron chi connectivity index (χ2n) is 6.89. The Hall–Kier alpha value is -2.24. The van der Waals surface area contributed by atoms with Gasteiger partial charge in [-0.15, -0.1) is 0 Å². The van der Waals surface area contributed by atoms with Crippen molar-refractivity contribution in [2.24, 2.45) is 0 Å². The van der Waals surface area contributed by atoms with Crippen LogP contribution in [0.2, 0.25) is 0 Å². The molecule has 1 fully saturated rings. The molecule has 0 radical (unpaired) electrons. The third kappa shape index (κ3) is 8.75. The predicted octanol–water partition coefficient (Wildman–Crippen LogP) is -0.779. The summed E-state index contributed by atoms with van der Waals surface area (Å²) in [4.78, 5) is 48.2. The smallest absolute Gasteiger partial charge is 0.303 e. The first kappa shape index (κ1) is 24.8. The highest BCUT2D eigenvalue weighted by atomic mass is 16.7. The summed E-state index contributed by atoms with van der Waals surface area (Å²) in [5, 5.41) is 2.64. The molecular weight excluding hydrogens is 388 g/mol. The Labute approximate surface area is 169 Å². The van der Waals surface area contributed by atoms with Gasteiger partial charge >= 0.3 is 17.9 Å². The van der Waals surface area contributed by atoms with Crippen molar-refractivity contribution in [2.75, 3.05) is 33.9 Å². The van der Waals surface area contributed by atoms with Gasteiger partial charge in [-0.05, 0) is 14.1 Å². The van der Waals surface area contributed by atoms with E-state index in [4.69, 9.17) is 23.7 Å². The molecule has 1 rings (SSSR count). The van der Waals surface area contributed by atoms with Gasteiger partial charge in [-0.1, -0.05) is 0 Å². The van der Waals surface area contributed by atoms with Gasteiger partial charge in [-0.3, -0.25) is 19.2 Å². The van der Waals surface area contributed by atoms with Crippen molar-refractivity contribution in [1.29, 1.82) is 0 Å². The van der Waals surface area contributed by atoms with E-state index in [1.54, 1.807) is 0 Å². The molecule has 0 aromatic heterocycles. The Kier molecular flexibility index (Phi) is 9.99. The summed E-state index contributed by atoms with van der Waals surface area (Å²) in [5.41, 5.74) is 0. The quantitative estimate of drug-likeness (QED) is 0.376. The number of nitrogens with zero attached hydrogens (tertiary/aromatic N) is 1. The summed E-state index contributed by atoms with van der Waals surface area (Å²) in [6.45, 7) is 5.43. The maximum absolute atomic E-state index is 11.7. The van der Waals surface area contributed by atoms with Crippen molar-refractivity contribution in [3.8, 4) is 0 Å². The standard InChI is InChI=1S/C18H30N2O9/c1-10(21)19-15-17(28-13(4)24)16(27-12(3)23)14(9-26-11(2)22)29-18(15)25-8-7-20(5)6/h14-18H,7-9H2,1-6H3,(H,19,21)/t14-,15-,16-,17-,18-/m1/s1. The Morgan fingerprint density at radius 3 is 2.00 bits per heavy atom. The van der Waals surface area contributed by atoms with Gasteiger partial charge in [0.05, 0.1) is 6.61 Å². The van der Waals surface area contributed by atoms with Crippen LogP contribution >= 0.6 is 0 Å². The average Bonchev–Trinajstić information content (AvgIpc) is 2.56. The minimum atomic E-state index is -1.12. The number of nitrogens with one attached hydrogen (secondary N) is 1. The van der Waals surface area contributed by atoms with E-state index in [-0.39, 0.29) is 13.2 Å². The minimum absolute atomic E-state index is 0.249. The highest BCUT2D eigenvalue weighted by Crippen LogP contribution is 2.28. The van der Waals surface area contributed by atoms with Crippen molar-refractivity contribution >= 4 is 23.8 Å². The first-order valence-electron chi connectivity index (χ1n) is 9.18. The van der Waals surface area contributed by atoms with Gasteiger partial charge in [0.2, 0.25) is 5.91 Å². The lowest BCUT2D eigenvalue weighted by Crippen LogP contribution is -2.66. The zero-order valence-electron chi connectivity index (χ0n) is 17.6. The van der Waals surface area contributed by atoms with Gasteiger partial charge in [0.1, 0.15) is 18.8 Å². The predicted molar refractivity (Wildman–Crippen MR) is 98.5 cm³/mol. The molecule has 1 N–H and O–H groups in total. The van der Waals surface area contributed by atoms with Crippen LogP contribution < -0.4 is 5.32 Å². The summed E-state index contributed by atoms with van der Waals surface area (Å²) in [5.74, 6) is -2.29. The van der Waals surface area contributed by atoms with E-state index in [1.807, 2.05) is 19.0 Å². The molecule has 0 bridgehead atoms. The summed E-state index contributed by atoms with van der Waals surface area (Å²) < 4.78 is 27.3. The molecule has 11 nitrogen and oxygen atoms in total. The molecule has 166 valence electrons. The van der Waals surface area contributed by atoms with Gasteiger partial charge in [-0.2, -0.15) is 0 Å². The van der Waals surface area contributed by atoms with Crippen LogP contribution in [0.1, 0.15) is 27.7 Å². The SMILES string of the molecule is CC(=O)N[C@H]1[C@H](OCCN(C)C)O[C@H](COC(C)=O)[C@@H](OC(C)=O)[C@@H]1OC(C)=O. The molecule has 29 heavy (non-hydrogen) atoms. The number of ether oxygens (including phenoxy) is 5. The molecule has 0 aromatic rings. The second-order valence-corrected chi connectivity index (χ2v) is 6.89. The van der Waals surface area contributed by atoms with E-state index in [0.717, 1.165) is 0 Å². The lowest BCUT2D eigenvalue weighted by atomic mass is 9.96. The fraction of sp³-hybridized carbons (Fsp3) is 0.778. The van der Waals surface area contributed by atoms with E-state index in [0.29, 0.717) is 6.54 Å². The minimum Gasteiger partial charge on any atom is -0.463 e. The molecule has 1 aliphatic heterocycles. The van der Waals surface area contributed by atoms with E-state index in [2.05, 4.69) is 5.32 Å². The second kappa shape index (κ2) is 11.7. The topological polar surface area (TPSA) is 130 Å². The number of carbonyl (C=O) groups excluding carboxylic acids is 4. The molecule has 0 unspecified atom stereocenters. The Bertz CT molecular complexity index is 596. The van der Waals surface area contributed by atoms with Gasteiger partial charge in [0, 0.05) is 34.2 Å². The van der Waals surface area contributed by atoms with E-state index in [1.165, 1.54) is 27.7 Å². The first-order chi connectivity index (χ1) is 13.5. The summed E-state index contributed by atoms with van der Waals surface area (Å²) in [6.07, 6.45) is -4.24. The summed E-state index contributed by atoms with van der Waals surface area (Å²) in [7, 11) is 3.72. The van der Waals surface area contributed by atoms with E-state index >= 15 is 0 Å². The number of carbonyl (C=O) groups is 4. The van der Waals surface area contributed by atoms with Crippen molar-refractivity contribution in [3.05, 3.63) is 0 Å². The van der Waals surface area contributed by atoms with Crippen LogP contribution in [0.5, 0.6) is 0 Å². The molecule has 1 heterocycles. The molecule has 0 aliphatic carbocycles. The average molecular weight is 418 g/mol. The number of esters is 3. The molecule has 1 aliphatic rings. The number of hydrogen-bond donors (Lipinski definition) is 1. The molecular formula is C18H30N2O9. The largest absolute Gasteiger partial charge is 0.463 e. The maximum Gasteiger partial charge on any atom is 0.303 e. The molecule has 0 saturated carbocycles. The highest BCUT2D eigenvalue weighted by Gasteiger charge is 2.51. The number of likely N-dealkylation sites (N-methyl/N-ethyl adjacent to an activating group) is 1. The monoisotopic (exact) mass is 418 g/mol. The van der Waals surface area contributed by atoms with Crippen molar-refractivity contribution in [3.63, 3.8) is 0 Å². The molecule has 5 atom stereocenters. The molecule has 1 amide bonds. The van der Waals surface area contributed by atoms with Crippen LogP contribution in [0.15, 0.2) is 0 Å². The summed E-state index contributed by atoms with van der Waals surface area (Å²) in [6, 6.07) is -0.948. The molecule has 1 saturated heterocycles. The van der Waals surface area contributed by atoms with Crippen LogP contribution in [0, 0.1) is 0 Å². The van der Waals surface area contributed by atoms with Gasteiger partial charge in [-0.25, -0.2) is 0 Å². The van der Waals surface area contributed by atoms with Crippen molar-refractivity contribution in [1.82, 2.24) is 10.2 Å². The lowest BCUT2D eigenvalue weighted by Gasteiger charge is -2.45. The van der Waals surface area contributed by atoms with Crippen LogP contribution in [0.3, 0.4) is 0 Å². The van der Waals surface area contributed by atoms with Gasteiger partial charge < -0.3 is 33.9 Å². The Morgan fingerprint density at radius 1 is 0.931 bits per heavy atom. The normalized spacial score (nSPS) is 26.5. The fourth-order valence-electron chi connectivity index (χ4n) is 2.78. The van der Waals surface area contributed by atoms with Gasteiger partial charge in [0.25, 0.3) is 0 Å². The van der Waals surface area contributed by atoms with E-state index < -0.39 is 54.5 Å². The van der Waals surface area contributed by atoms with E-state index in [9.17, 15) is 19.2 Å². The highest BCUT2D eigenvalue weighted by molar-refractivity contribution is 5.73. The number of hydrogen-bond acceptors (Lipinski definition) is 10. The Balaban J connectivity index is 3.21.